The first-order valence-corrected chi connectivity index (χ1v) is 11.4. The smallest absolute Gasteiger partial charge is 0.475 e. The van der Waals surface area contributed by atoms with Crippen molar-refractivity contribution in [3.8, 4) is 0 Å². The number of hydrogen-bond donors (Lipinski definition) is 3. The number of hydrogen-bond acceptors (Lipinski definition) is 5. The summed E-state index contributed by atoms with van der Waals surface area (Å²) in [5, 5.41) is 11.8. The lowest BCUT2D eigenvalue weighted by Gasteiger charge is -2.25. The van der Waals surface area contributed by atoms with Crippen LogP contribution in [0.3, 0.4) is 0 Å². The van der Waals surface area contributed by atoms with Gasteiger partial charge in [-0.15, -0.1) is 0 Å². The van der Waals surface area contributed by atoms with E-state index in [1.54, 1.807) is 20.8 Å². The molecule has 2 amide bonds. The normalized spacial score (nSPS) is 13.4. The fourth-order valence-electron chi connectivity index (χ4n) is 3.11. The molecular weight excluding hydrogens is 581 g/mol. The van der Waals surface area contributed by atoms with Crippen molar-refractivity contribution >= 4 is 18.0 Å². The van der Waals surface area contributed by atoms with Crippen molar-refractivity contribution in [2.45, 2.75) is 51.4 Å². The molecule has 2 rings (SSSR count). The van der Waals surface area contributed by atoms with Crippen LogP contribution in [0.25, 0.3) is 0 Å². The van der Waals surface area contributed by atoms with Crippen molar-refractivity contribution < 1.29 is 63.7 Å². The van der Waals surface area contributed by atoms with Gasteiger partial charge in [0.1, 0.15) is 6.04 Å². The van der Waals surface area contributed by atoms with Crippen molar-refractivity contribution in [3.63, 3.8) is 0 Å². The first-order valence-electron chi connectivity index (χ1n) is 11.4. The number of nitrogens with zero attached hydrogens (tertiary/aromatic N) is 1. The third-order valence-electron chi connectivity index (χ3n) is 5.00. The number of rotatable bonds is 7. The summed E-state index contributed by atoms with van der Waals surface area (Å²) in [6.07, 6.45) is -13.5. The highest BCUT2D eigenvalue weighted by Gasteiger charge is 2.39. The summed E-state index contributed by atoms with van der Waals surface area (Å²) >= 11 is 0. The van der Waals surface area contributed by atoms with Crippen LogP contribution in [0.2, 0.25) is 0 Å². The lowest BCUT2D eigenvalue weighted by molar-refractivity contribution is -0.192. The number of alkyl halides is 9. The molecule has 2 aromatic rings. The van der Waals surface area contributed by atoms with E-state index in [9.17, 15) is 49.1 Å². The SMILES string of the molecule is CCOC(=O)C(NC(=O)N[C@@H](c1ccc(C(F)(F)F)cc1)c1ncccc1C(F)(F)F)C(C)C.O=C(O)C(F)(F)F. The van der Waals surface area contributed by atoms with Crippen LogP contribution in [0.5, 0.6) is 0 Å². The Balaban J connectivity index is 0.00000106. The Bertz CT molecular complexity index is 1180. The van der Waals surface area contributed by atoms with Crippen molar-refractivity contribution in [2.75, 3.05) is 6.61 Å². The van der Waals surface area contributed by atoms with E-state index >= 15 is 0 Å². The number of pyridine rings is 1. The molecule has 0 aliphatic rings. The Morgan fingerprint density at radius 3 is 1.85 bits per heavy atom. The molecule has 1 heterocycles. The van der Waals surface area contributed by atoms with E-state index in [2.05, 4.69) is 15.6 Å². The lowest BCUT2D eigenvalue weighted by Crippen LogP contribution is -2.50. The Hall–Kier alpha value is -4.05. The highest BCUT2D eigenvalue weighted by Crippen LogP contribution is 2.36. The number of urea groups is 1. The van der Waals surface area contributed by atoms with Crippen LogP contribution in [-0.2, 0) is 26.7 Å². The second-order valence-corrected chi connectivity index (χ2v) is 8.38. The first-order chi connectivity index (χ1) is 18.7. The number of carboxylic acids is 1. The van der Waals surface area contributed by atoms with Crippen LogP contribution < -0.4 is 10.6 Å². The Morgan fingerprint density at radius 1 is 0.902 bits per heavy atom. The van der Waals surface area contributed by atoms with Gasteiger partial charge in [0.25, 0.3) is 0 Å². The van der Waals surface area contributed by atoms with Gasteiger partial charge in [-0.25, -0.2) is 14.4 Å². The molecule has 2 atom stereocenters. The summed E-state index contributed by atoms with van der Waals surface area (Å²) in [5.41, 5.74) is -2.89. The molecule has 1 unspecified atom stereocenters. The Labute approximate surface area is 226 Å². The molecule has 0 fully saturated rings. The maximum Gasteiger partial charge on any atom is 0.490 e. The van der Waals surface area contributed by atoms with Crippen LogP contribution in [0.15, 0.2) is 42.6 Å². The molecule has 0 radical (unpaired) electrons. The number of carbonyl (C=O) groups excluding carboxylic acids is 2. The van der Waals surface area contributed by atoms with Crippen LogP contribution in [0, 0.1) is 5.92 Å². The van der Waals surface area contributed by atoms with Crippen molar-refractivity contribution in [1.29, 1.82) is 0 Å². The summed E-state index contributed by atoms with van der Waals surface area (Å²) in [7, 11) is 0. The highest BCUT2D eigenvalue weighted by atomic mass is 19.4. The van der Waals surface area contributed by atoms with E-state index in [1.165, 1.54) is 0 Å². The largest absolute Gasteiger partial charge is 0.490 e. The summed E-state index contributed by atoms with van der Waals surface area (Å²) < 4.78 is 116. The minimum atomic E-state index is -5.08. The molecule has 41 heavy (non-hydrogen) atoms. The second-order valence-electron chi connectivity index (χ2n) is 8.38. The van der Waals surface area contributed by atoms with Crippen molar-refractivity contribution in [1.82, 2.24) is 15.6 Å². The van der Waals surface area contributed by atoms with Gasteiger partial charge >= 0.3 is 36.5 Å². The van der Waals surface area contributed by atoms with Crippen molar-refractivity contribution in [3.05, 3.63) is 65.0 Å². The molecular formula is C24H24F9N3O5. The summed E-state index contributed by atoms with van der Waals surface area (Å²) in [4.78, 5) is 37.5. The van der Waals surface area contributed by atoms with Crippen molar-refractivity contribution in [2.24, 2.45) is 5.92 Å². The zero-order valence-electron chi connectivity index (χ0n) is 21.4. The summed E-state index contributed by atoms with van der Waals surface area (Å²) in [5.74, 6) is -3.92. The van der Waals surface area contributed by atoms with Gasteiger partial charge in [0.05, 0.1) is 29.5 Å². The number of carboxylic acid groups (broad SMARTS) is 1. The Morgan fingerprint density at radius 2 is 1.44 bits per heavy atom. The molecule has 0 aliphatic carbocycles. The minimum Gasteiger partial charge on any atom is -0.475 e. The van der Waals surface area contributed by atoms with Gasteiger partial charge in [-0.1, -0.05) is 26.0 Å². The van der Waals surface area contributed by atoms with E-state index in [0.717, 1.165) is 30.5 Å². The van der Waals surface area contributed by atoms with Gasteiger partial charge in [0.2, 0.25) is 0 Å². The number of carbonyl (C=O) groups is 3. The Kier molecular flexibility index (Phi) is 12.0. The maximum absolute atomic E-state index is 13.6. The van der Waals surface area contributed by atoms with Crippen LogP contribution >= 0.6 is 0 Å². The highest BCUT2D eigenvalue weighted by molar-refractivity contribution is 5.84. The topological polar surface area (TPSA) is 118 Å². The third-order valence-corrected chi connectivity index (χ3v) is 5.00. The third kappa shape index (κ3) is 10.8. The zero-order valence-corrected chi connectivity index (χ0v) is 21.4. The number of benzene rings is 1. The number of nitrogens with one attached hydrogen (secondary N) is 2. The average molecular weight is 605 g/mol. The lowest BCUT2D eigenvalue weighted by atomic mass is 9.97. The molecule has 0 bridgehead atoms. The number of halogens is 9. The monoisotopic (exact) mass is 605 g/mol. The summed E-state index contributed by atoms with van der Waals surface area (Å²) in [6.45, 7) is 4.85. The van der Waals surface area contributed by atoms with Gasteiger partial charge in [-0.2, -0.15) is 39.5 Å². The number of aromatic nitrogens is 1. The first kappa shape index (κ1) is 35.0. The number of amides is 2. The van der Waals surface area contributed by atoms with Gasteiger partial charge in [0.15, 0.2) is 0 Å². The molecule has 1 aromatic heterocycles. The van der Waals surface area contributed by atoms with E-state index in [4.69, 9.17) is 14.6 Å². The van der Waals surface area contributed by atoms with Crippen LogP contribution in [0.1, 0.15) is 49.2 Å². The van der Waals surface area contributed by atoms with Gasteiger partial charge in [-0.3, -0.25) is 4.98 Å². The molecule has 0 aliphatic heterocycles. The molecule has 1 aromatic carbocycles. The second kappa shape index (κ2) is 14.0. The quantitative estimate of drug-likeness (QED) is 0.274. The predicted molar refractivity (Wildman–Crippen MR) is 123 cm³/mol. The fraction of sp³-hybridized carbons (Fsp3) is 0.417. The predicted octanol–water partition coefficient (Wildman–Crippen LogP) is 5.73. The molecule has 228 valence electrons. The van der Waals surface area contributed by atoms with Crippen LogP contribution in [-0.4, -0.2) is 46.9 Å². The fourth-order valence-corrected chi connectivity index (χ4v) is 3.11. The van der Waals surface area contributed by atoms with Gasteiger partial charge in [0, 0.05) is 6.20 Å². The molecule has 0 spiro atoms. The van der Waals surface area contributed by atoms with Crippen LogP contribution in [0.4, 0.5) is 44.3 Å². The molecule has 0 saturated heterocycles. The van der Waals surface area contributed by atoms with E-state index in [0.29, 0.717) is 12.1 Å². The number of aliphatic carboxylic acids is 1. The van der Waals surface area contributed by atoms with Gasteiger partial charge < -0.3 is 20.5 Å². The van der Waals surface area contributed by atoms with Gasteiger partial charge in [-0.05, 0) is 42.7 Å². The minimum absolute atomic E-state index is 0.0441. The number of ether oxygens (including phenoxy) is 1. The molecule has 8 nitrogen and oxygen atoms in total. The average Bonchev–Trinajstić information content (AvgIpc) is 2.84. The maximum atomic E-state index is 13.6. The standard InChI is InChI=1S/C22H23F6N3O3.C2HF3O2/c1-4-34-19(32)16(12(2)3)30-20(33)31-17(13-7-9-14(10-8-13)21(23,24)25)18-15(22(26,27)28)6-5-11-29-18;3-2(4,5)1(6)7/h5-12,16-17H,4H2,1-3H3,(H2,30,31,33);(H,6,7)/t16?,17-;/m0./s1. The van der Waals surface area contributed by atoms with E-state index < -0.39 is 71.3 Å². The summed E-state index contributed by atoms with van der Waals surface area (Å²) in [6, 6.07) is 1.35. The molecule has 0 saturated carbocycles. The molecule has 3 N–H and O–H groups in total. The number of esters is 1. The zero-order chi connectivity index (χ0) is 31.8. The van der Waals surface area contributed by atoms with E-state index in [-0.39, 0.29) is 12.2 Å². The molecule has 17 heteroatoms. The van der Waals surface area contributed by atoms with E-state index in [1.807, 2.05) is 0 Å².